The van der Waals surface area contributed by atoms with E-state index in [0.29, 0.717) is 43.2 Å². The van der Waals surface area contributed by atoms with Crippen molar-refractivity contribution in [1.29, 1.82) is 0 Å². The summed E-state index contributed by atoms with van der Waals surface area (Å²) in [5.41, 5.74) is 4.32. The lowest BCUT2D eigenvalue weighted by molar-refractivity contribution is -0.121. The molecule has 0 radical (unpaired) electrons. The van der Waals surface area contributed by atoms with Gasteiger partial charge in [0, 0.05) is 43.9 Å². The van der Waals surface area contributed by atoms with Crippen molar-refractivity contribution in [2.45, 2.75) is 45.4 Å². The molecular weight excluding hydrogens is 404 g/mol. The molecule has 32 heavy (non-hydrogen) atoms. The third kappa shape index (κ3) is 3.85. The predicted octanol–water partition coefficient (Wildman–Crippen LogP) is 3.35. The third-order valence-electron chi connectivity index (χ3n) is 6.53. The summed E-state index contributed by atoms with van der Waals surface area (Å²) < 4.78 is 1.77. The highest BCUT2D eigenvalue weighted by Gasteiger charge is 2.32. The summed E-state index contributed by atoms with van der Waals surface area (Å²) in [7, 11) is 1.88. The van der Waals surface area contributed by atoms with Gasteiger partial charge in [-0.3, -0.25) is 14.3 Å². The summed E-state index contributed by atoms with van der Waals surface area (Å²) in [6.07, 6.45) is 5.26. The van der Waals surface area contributed by atoms with Gasteiger partial charge in [0.1, 0.15) is 5.82 Å². The molecule has 1 saturated heterocycles. The normalized spacial score (nSPS) is 17.0. The van der Waals surface area contributed by atoms with Crippen LogP contribution in [0.1, 0.15) is 58.9 Å². The van der Waals surface area contributed by atoms with Gasteiger partial charge in [-0.1, -0.05) is 6.07 Å². The molecule has 1 N–H and O–H groups in total. The van der Waals surface area contributed by atoms with Crippen LogP contribution in [-0.4, -0.2) is 49.6 Å². The standard InChI is InChI=1S/C24H28N6O2/c1-14-4-7-20(25-13-14)27-23(31)17-8-10-30(11-9-17)24(32)18-12-19(16-5-6-16)26-22-21(18)15(2)28-29(22)3/h4,7,12-13,16-17H,5-6,8-11H2,1-3H3,(H,25,27,31). The van der Waals surface area contributed by atoms with Crippen LogP contribution in [0.25, 0.3) is 11.0 Å². The number of carbonyl (C=O) groups is 2. The molecule has 1 aliphatic heterocycles. The smallest absolute Gasteiger partial charge is 0.254 e. The number of hydrogen-bond acceptors (Lipinski definition) is 5. The van der Waals surface area contributed by atoms with Gasteiger partial charge in [0.05, 0.1) is 16.6 Å². The predicted molar refractivity (Wildman–Crippen MR) is 121 cm³/mol. The summed E-state index contributed by atoms with van der Waals surface area (Å²) >= 11 is 0. The molecule has 1 saturated carbocycles. The van der Waals surface area contributed by atoms with Crippen LogP contribution in [0.2, 0.25) is 0 Å². The van der Waals surface area contributed by atoms with Gasteiger partial charge in [-0.2, -0.15) is 5.10 Å². The van der Waals surface area contributed by atoms with Gasteiger partial charge in [-0.15, -0.1) is 0 Å². The molecule has 0 spiro atoms. The minimum absolute atomic E-state index is 0.00876. The zero-order valence-corrected chi connectivity index (χ0v) is 18.8. The van der Waals surface area contributed by atoms with Crippen molar-refractivity contribution in [3.63, 3.8) is 0 Å². The molecule has 0 unspecified atom stereocenters. The highest BCUT2D eigenvalue weighted by molar-refractivity contribution is 6.06. The van der Waals surface area contributed by atoms with E-state index in [1.807, 2.05) is 44.0 Å². The molecule has 166 valence electrons. The topological polar surface area (TPSA) is 93.0 Å². The van der Waals surface area contributed by atoms with E-state index in [0.717, 1.165) is 40.8 Å². The van der Waals surface area contributed by atoms with Crippen LogP contribution < -0.4 is 5.32 Å². The largest absolute Gasteiger partial charge is 0.339 e. The lowest BCUT2D eigenvalue weighted by atomic mass is 9.95. The number of nitrogens with one attached hydrogen (secondary N) is 1. The number of hydrogen-bond donors (Lipinski definition) is 1. The fourth-order valence-corrected chi connectivity index (χ4v) is 4.51. The van der Waals surface area contributed by atoms with Gasteiger partial charge in [-0.05, 0) is 57.2 Å². The third-order valence-corrected chi connectivity index (χ3v) is 6.53. The van der Waals surface area contributed by atoms with Crippen molar-refractivity contribution in [2.75, 3.05) is 18.4 Å². The average Bonchev–Trinajstić information content (AvgIpc) is 3.60. The Bertz CT molecular complexity index is 1190. The number of fused-ring (bicyclic) bond motifs is 1. The van der Waals surface area contributed by atoms with E-state index in [1.54, 1.807) is 10.9 Å². The second-order valence-corrected chi connectivity index (χ2v) is 9.05. The molecule has 0 atom stereocenters. The first-order valence-corrected chi connectivity index (χ1v) is 11.3. The molecule has 5 rings (SSSR count). The lowest BCUT2D eigenvalue weighted by Crippen LogP contribution is -2.41. The molecule has 8 nitrogen and oxygen atoms in total. The molecule has 0 bridgehead atoms. The summed E-state index contributed by atoms with van der Waals surface area (Å²) in [6, 6.07) is 5.71. The van der Waals surface area contributed by atoms with Gasteiger partial charge in [0.15, 0.2) is 5.65 Å². The van der Waals surface area contributed by atoms with Crippen LogP contribution >= 0.6 is 0 Å². The zero-order valence-electron chi connectivity index (χ0n) is 18.8. The van der Waals surface area contributed by atoms with Crippen molar-refractivity contribution in [2.24, 2.45) is 13.0 Å². The van der Waals surface area contributed by atoms with Crippen LogP contribution in [0, 0.1) is 19.8 Å². The Morgan fingerprint density at radius 2 is 1.84 bits per heavy atom. The summed E-state index contributed by atoms with van der Waals surface area (Å²) in [6.45, 7) is 5.00. The van der Waals surface area contributed by atoms with E-state index in [4.69, 9.17) is 4.98 Å². The Hall–Kier alpha value is -3.29. The summed E-state index contributed by atoms with van der Waals surface area (Å²) in [5, 5.41) is 8.25. The van der Waals surface area contributed by atoms with E-state index in [9.17, 15) is 9.59 Å². The molecule has 3 aromatic rings. The molecule has 8 heteroatoms. The Morgan fingerprint density at radius 1 is 1.09 bits per heavy atom. The highest BCUT2D eigenvalue weighted by Crippen LogP contribution is 2.40. The molecule has 4 heterocycles. The quantitative estimate of drug-likeness (QED) is 0.682. The first kappa shape index (κ1) is 20.6. The molecule has 1 aliphatic carbocycles. The van der Waals surface area contributed by atoms with Gasteiger partial charge >= 0.3 is 0 Å². The first-order valence-electron chi connectivity index (χ1n) is 11.3. The number of aromatic nitrogens is 4. The second kappa shape index (κ2) is 8.00. The summed E-state index contributed by atoms with van der Waals surface area (Å²) in [5.74, 6) is 0.874. The van der Waals surface area contributed by atoms with Crippen LogP contribution in [0.3, 0.4) is 0 Å². The Balaban J connectivity index is 1.31. The zero-order chi connectivity index (χ0) is 22.4. The summed E-state index contributed by atoms with van der Waals surface area (Å²) in [4.78, 5) is 37.1. The van der Waals surface area contributed by atoms with E-state index >= 15 is 0 Å². The SMILES string of the molecule is Cc1ccc(NC(=O)C2CCN(C(=O)c3cc(C4CC4)nc4c3c(C)nn4C)CC2)nc1. The number of pyridine rings is 2. The van der Waals surface area contributed by atoms with E-state index in [1.165, 1.54) is 0 Å². The number of nitrogens with zero attached hydrogens (tertiary/aromatic N) is 5. The average molecular weight is 433 g/mol. The molecule has 2 aliphatic rings. The van der Waals surface area contributed by atoms with E-state index in [2.05, 4.69) is 15.4 Å². The van der Waals surface area contributed by atoms with Crippen molar-refractivity contribution < 1.29 is 9.59 Å². The fraction of sp³-hybridized carbons (Fsp3) is 0.458. The van der Waals surface area contributed by atoms with Crippen molar-refractivity contribution in [3.05, 3.63) is 46.9 Å². The van der Waals surface area contributed by atoms with Crippen LogP contribution in [-0.2, 0) is 11.8 Å². The Labute approximate surface area is 187 Å². The fourth-order valence-electron chi connectivity index (χ4n) is 4.51. The molecule has 0 aromatic carbocycles. The number of likely N-dealkylation sites (tertiary alicyclic amines) is 1. The number of piperidine rings is 1. The number of aryl methyl sites for hydroxylation is 3. The number of anilines is 1. The van der Waals surface area contributed by atoms with Gasteiger partial charge in [-0.25, -0.2) is 9.97 Å². The Kier molecular flexibility index (Phi) is 5.15. The minimum Gasteiger partial charge on any atom is -0.339 e. The molecule has 2 fully saturated rings. The monoisotopic (exact) mass is 432 g/mol. The number of rotatable bonds is 4. The van der Waals surface area contributed by atoms with Crippen molar-refractivity contribution in [3.8, 4) is 0 Å². The van der Waals surface area contributed by atoms with E-state index < -0.39 is 0 Å². The second-order valence-electron chi connectivity index (χ2n) is 9.05. The van der Waals surface area contributed by atoms with Crippen molar-refractivity contribution in [1.82, 2.24) is 24.6 Å². The lowest BCUT2D eigenvalue weighted by Gasteiger charge is -2.31. The highest BCUT2D eigenvalue weighted by atomic mass is 16.2. The minimum atomic E-state index is -0.123. The van der Waals surface area contributed by atoms with Crippen LogP contribution in [0.5, 0.6) is 0 Å². The van der Waals surface area contributed by atoms with Crippen LogP contribution in [0.15, 0.2) is 24.4 Å². The number of carbonyl (C=O) groups excluding carboxylic acids is 2. The molecule has 3 aromatic heterocycles. The molecule has 2 amide bonds. The maximum atomic E-state index is 13.5. The number of amides is 2. The molecular formula is C24H28N6O2. The maximum absolute atomic E-state index is 13.5. The van der Waals surface area contributed by atoms with Gasteiger partial charge in [0.25, 0.3) is 5.91 Å². The first-order chi connectivity index (χ1) is 15.4. The van der Waals surface area contributed by atoms with Crippen LogP contribution in [0.4, 0.5) is 5.82 Å². The van der Waals surface area contributed by atoms with Crippen molar-refractivity contribution >= 4 is 28.7 Å². The van der Waals surface area contributed by atoms with Gasteiger partial charge < -0.3 is 10.2 Å². The Morgan fingerprint density at radius 3 is 2.50 bits per heavy atom. The van der Waals surface area contributed by atoms with Gasteiger partial charge in [0.2, 0.25) is 5.91 Å². The maximum Gasteiger partial charge on any atom is 0.254 e. The van der Waals surface area contributed by atoms with E-state index in [-0.39, 0.29) is 17.7 Å².